The zero-order chi connectivity index (χ0) is 17.6. The molecule has 0 saturated carbocycles. The summed E-state index contributed by atoms with van der Waals surface area (Å²) in [7, 11) is 3.41. The van der Waals surface area contributed by atoms with E-state index in [0.29, 0.717) is 24.5 Å². The zero-order valence-corrected chi connectivity index (χ0v) is 14.2. The third-order valence-electron chi connectivity index (χ3n) is 3.70. The van der Waals surface area contributed by atoms with E-state index >= 15 is 0 Å². The molecule has 2 aromatic heterocycles. The molecule has 3 rings (SSSR count). The Morgan fingerprint density at radius 2 is 1.96 bits per heavy atom. The van der Waals surface area contributed by atoms with E-state index in [1.165, 1.54) is 0 Å². The van der Waals surface area contributed by atoms with Crippen molar-refractivity contribution in [2.45, 2.75) is 0 Å². The summed E-state index contributed by atoms with van der Waals surface area (Å²) < 4.78 is 14.3. The van der Waals surface area contributed by atoms with Crippen LogP contribution < -0.4 is 14.8 Å². The van der Waals surface area contributed by atoms with Crippen LogP contribution >= 0.6 is 0 Å². The molecule has 0 unspecified atom stereocenters. The summed E-state index contributed by atoms with van der Waals surface area (Å²) in [6, 6.07) is 11.1. The molecule has 7 nitrogen and oxygen atoms in total. The lowest BCUT2D eigenvalue weighted by Gasteiger charge is -2.10. The van der Waals surface area contributed by atoms with Crippen molar-refractivity contribution in [2.24, 2.45) is 7.05 Å². The molecule has 0 aliphatic carbocycles. The van der Waals surface area contributed by atoms with Gasteiger partial charge in [-0.15, -0.1) is 0 Å². The van der Waals surface area contributed by atoms with Crippen molar-refractivity contribution < 1.29 is 14.3 Å². The van der Waals surface area contributed by atoms with E-state index in [2.05, 4.69) is 10.4 Å². The number of benzene rings is 1. The molecule has 0 saturated heterocycles. The van der Waals surface area contributed by atoms with Crippen molar-refractivity contribution in [2.75, 3.05) is 20.3 Å². The van der Waals surface area contributed by atoms with Crippen molar-refractivity contribution in [3.8, 4) is 17.3 Å². The number of aryl methyl sites for hydroxylation is 1. The highest BCUT2D eigenvalue weighted by molar-refractivity contribution is 5.97. The Hall–Kier alpha value is -3.22. The molecule has 3 aromatic rings. The number of ether oxygens (including phenoxy) is 2. The van der Waals surface area contributed by atoms with Gasteiger partial charge in [0.05, 0.1) is 19.9 Å². The van der Waals surface area contributed by atoms with Gasteiger partial charge in [0.2, 0.25) is 0 Å². The molecule has 0 spiro atoms. The Morgan fingerprint density at radius 3 is 2.72 bits per heavy atom. The quantitative estimate of drug-likeness (QED) is 0.668. The highest BCUT2D eigenvalue weighted by Crippen LogP contribution is 2.18. The normalized spacial score (nSPS) is 10.5. The van der Waals surface area contributed by atoms with Gasteiger partial charge in [-0.3, -0.25) is 9.48 Å². The molecule has 0 atom stereocenters. The first-order valence-electron chi connectivity index (χ1n) is 7.89. The molecule has 1 N–H and O–H groups in total. The molecular weight excluding hydrogens is 320 g/mol. The first-order valence-corrected chi connectivity index (χ1v) is 7.89. The topological polar surface area (TPSA) is 70.3 Å². The van der Waals surface area contributed by atoms with Gasteiger partial charge in [0.1, 0.15) is 29.5 Å². The van der Waals surface area contributed by atoms with E-state index in [4.69, 9.17) is 9.47 Å². The van der Waals surface area contributed by atoms with Crippen molar-refractivity contribution in [3.05, 3.63) is 60.6 Å². The maximum absolute atomic E-state index is 12.4. The summed E-state index contributed by atoms with van der Waals surface area (Å²) in [5, 5.41) is 7.03. The molecule has 0 aliphatic rings. The molecule has 0 aliphatic heterocycles. The summed E-state index contributed by atoms with van der Waals surface area (Å²) in [6.07, 6.45) is 5.31. The highest BCUT2D eigenvalue weighted by Gasteiger charge is 2.16. The minimum Gasteiger partial charge on any atom is -0.497 e. The van der Waals surface area contributed by atoms with Crippen LogP contribution in [-0.4, -0.2) is 40.5 Å². The number of hydrogen-bond acceptors (Lipinski definition) is 4. The fourth-order valence-corrected chi connectivity index (χ4v) is 2.49. The van der Waals surface area contributed by atoms with Gasteiger partial charge in [0, 0.05) is 25.5 Å². The lowest BCUT2D eigenvalue weighted by molar-refractivity contribution is 0.0947. The van der Waals surface area contributed by atoms with E-state index in [1.54, 1.807) is 31.1 Å². The standard InChI is InChI=1S/C18H20N4O3/c1-21-18(22-9-3-4-10-22)16(13-20-21)17(23)19-8-11-25-15-7-5-6-14(12-15)24-2/h3-7,9-10,12-13H,8,11H2,1-2H3,(H,19,23). The Labute approximate surface area is 145 Å². The Bertz CT molecular complexity index is 840. The highest BCUT2D eigenvalue weighted by atomic mass is 16.5. The van der Waals surface area contributed by atoms with Crippen LogP contribution in [0.1, 0.15) is 10.4 Å². The predicted octanol–water partition coefficient (Wildman–Crippen LogP) is 2.03. The second-order valence-corrected chi connectivity index (χ2v) is 5.38. The molecule has 130 valence electrons. The maximum Gasteiger partial charge on any atom is 0.256 e. The summed E-state index contributed by atoms with van der Waals surface area (Å²) in [5.41, 5.74) is 0.514. The van der Waals surface area contributed by atoms with Gasteiger partial charge in [-0.2, -0.15) is 5.10 Å². The molecular formula is C18H20N4O3. The van der Waals surface area contributed by atoms with Crippen LogP contribution in [-0.2, 0) is 7.05 Å². The number of nitrogens with one attached hydrogen (secondary N) is 1. The van der Waals surface area contributed by atoms with E-state index in [-0.39, 0.29) is 5.91 Å². The van der Waals surface area contributed by atoms with Crippen LogP contribution in [0.3, 0.4) is 0 Å². The number of aromatic nitrogens is 3. The van der Waals surface area contributed by atoms with Crippen molar-refractivity contribution in [1.82, 2.24) is 19.7 Å². The maximum atomic E-state index is 12.4. The SMILES string of the molecule is COc1cccc(OCCNC(=O)c2cnn(C)c2-n2cccc2)c1. The van der Waals surface area contributed by atoms with Gasteiger partial charge in [0.15, 0.2) is 0 Å². The molecule has 0 radical (unpaired) electrons. The minimum absolute atomic E-state index is 0.189. The van der Waals surface area contributed by atoms with E-state index in [9.17, 15) is 4.79 Å². The van der Waals surface area contributed by atoms with Crippen LogP contribution in [0.2, 0.25) is 0 Å². The third-order valence-corrected chi connectivity index (χ3v) is 3.70. The van der Waals surface area contributed by atoms with E-state index < -0.39 is 0 Å². The fourth-order valence-electron chi connectivity index (χ4n) is 2.49. The van der Waals surface area contributed by atoms with Gasteiger partial charge >= 0.3 is 0 Å². The Kier molecular flexibility index (Phi) is 5.03. The zero-order valence-electron chi connectivity index (χ0n) is 14.2. The molecule has 0 bridgehead atoms. The van der Waals surface area contributed by atoms with Crippen molar-refractivity contribution in [3.63, 3.8) is 0 Å². The van der Waals surface area contributed by atoms with Crippen LogP contribution in [0, 0.1) is 0 Å². The second-order valence-electron chi connectivity index (χ2n) is 5.38. The fraction of sp³-hybridized carbons (Fsp3) is 0.222. The molecule has 0 fully saturated rings. The van der Waals surface area contributed by atoms with Crippen molar-refractivity contribution >= 4 is 5.91 Å². The van der Waals surface area contributed by atoms with Crippen LogP contribution in [0.15, 0.2) is 55.0 Å². The number of nitrogens with zero attached hydrogens (tertiary/aromatic N) is 3. The number of amides is 1. The number of carbonyl (C=O) groups excluding carboxylic acids is 1. The van der Waals surface area contributed by atoms with E-state index in [1.807, 2.05) is 47.3 Å². The number of methoxy groups -OCH3 is 1. The van der Waals surface area contributed by atoms with Gasteiger partial charge in [-0.25, -0.2) is 0 Å². The number of hydrogen-bond donors (Lipinski definition) is 1. The largest absolute Gasteiger partial charge is 0.497 e. The van der Waals surface area contributed by atoms with Crippen LogP contribution in [0.25, 0.3) is 5.82 Å². The molecule has 2 heterocycles. The Balaban J connectivity index is 1.57. The Morgan fingerprint density at radius 1 is 1.20 bits per heavy atom. The van der Waals surface area contributed by atoms with Gasteiger partial charge in [-0.1, -0.05) is 6.07 Å². The average Bonchev–Trinajstić information content (AvgIpc) is 3.28. The van der Waals surface area contributed by atoms with Gasteiger partial charge < -0.3 is 19.4 Å². The van der Waals surface area contributed by atoms with Crippen LogP contribution in [0.4, 0.5) is 0 Å². The monoisotopic (exact) mass is 340 g/mol. The number of rotatable bonds is 7. The minimum atomic E-state index is -0.189. The second kappa shape index (κ2) is 7.57. The number of carbonyl (C=O) groups is 1. The molecule has 1 amide bonds. The van der Waals surface area contributed by atoms with E-state index in [0.717, 1.165) is 11.6 Å². The predicted molar refractivity (Wildman–Crippen MR) is 93.4 cm³/mol. The summed E-state index contributed by atoms with van der Waals surface area (Å²) >= 11 is 0. The summed E-state index contributed by atoms with van der Waals surface area (Å²) in [4.78, 5) is 12.4. The first kappa shape index (κ1) is 16.6. The lowest BCUT2D eigenvalue weighted by Crippen LogP contribution is -2.28. The van der Waals surface area contributed by atoms with Crippen LogP contribution in [0.5, 0.6) is 11.5 Å². The summed E-state index contributed by atoms with van der Waals surface area (Å²) in [6.45, 7) is 0.744. The first-order chi connectivity index (χ1) is 12.2. The van der Waals surface area contributed by atoms with Gasteiger partial charge in [-0.05, 0) is 24.3 Å². The summed E-state index contributed by atoms with van der Waals surface area (Å²) in [5.74, 6) is 1.96. The van der Waals surface area contributed by atoms with Gasteiger partial charge in [0.25, 0.3) is 5.91 Å². The molecule has 25 heavy (non-hydrogen) atoms. The molecule has 1 aromatic carbocycles. The smallest absolute Gasteiger partial charge is 0.256 e. The third kappa shape index (κ3) is 3.82. The van der Waals surface area contributed by atoms with Crippen molar-refractivity contribution in [1.29, 1.82) is 0 Å². The average molecular weight is 340 g/mol. The lowest BCUT2D eigenvalue weighted by atomic mass is 10.3. The molecule has 7 heteroatoms.